The van der Waals surface area contributed by atoms with Crippen LogP contribution in [0.4, 0.5) is 5.69 Å². The second-order valence-electron chi connectivity index (χ2n) is 4.80. The second kappa shape index (κ2) is 5.36. The zero-order valence-corrected chi connectivity index (χ0v) is 11.0. The van der Waals surface area contributed by atoms with E-state index in [4.69, 9.17) is 14.6 Å². The Balaban J connectivity index is 2.28. The maximum Gasteiger partial charge on any atom is 0.307 e. The summed E-state index contributed by atoms with van der Waals surface area (Å²) in [7, 11) is 1.43. The summed E-state index contributed by atoms with van der Waals surface area (Å²) in [5.74, 6) is -0.385. The molecule has 7 heteroatoms. The van der Waals surface area contributed by atoms with Crippen LogP contribution >= 0.6 is 0 Å². The molecule has 0 amide bonds. The normalized spacial score (nSPS) is 16.1. The minimum absolute atomic E-state index is 0.120. The van der Waals surface area contributed by atoms with Gasteiger partial charge in [0, 0.05) is 6.07 Å². The Kier molecular flexibility index (Phi) is 3.78. The van der Waals surface area contributed by atoms with Gasteiger partial charge in [-0.2, -0.15) is 0 Å². The molecule has 0 radical (unpaired) electrons. The second-order valence-corrected chi connectivity index (χ2v) is 4.80. The summed E-state index contributed by atoms with van der Waals surface area (Å²) >= 11 is 0. The third-order valence-electron chi connectivity index (χ3n) is 3.42. The van der Waals surface area contributed by atoms with Gasteiger partial charge in [0.25, 0.3) is 5.69 Å². The van der Waals surface area contributed by atoms with E-state index < -0.39 is 16.5 Å². The number of carboxylic acids is 1. The SMILES string of the molecule is COc1ccc([N+](=O)[O-])cc1OC1(CC(=O)O)CCC1. The lowest BCUT2D eigenvalue weighted by molar-refractivity contribution is -0.385. The number of hydrogen-bond donors (Lipinski definition) is 1. The number of rotatable bonds is 6. The van der Waals surface area contributed by atoms with Crippen molar-refractivity contribution in [2.45, 2.75) is 31.3 Å². The molecule has 1 fully saturated rings. The van der Waals surface area contributed by atoms with Crippen LogP contribution in [0.5, 0.6) is 11.5 Å². The fraction of sp³-hybridized carbons (Fsp3) is 0.462. The minimum atomic E-state index is -0.950. The molecule has 0 bridgehead atoms. The zero-order valence-electron chi connectivity index (χ0n) is 11.0. The number of non-ortho nitro benzene ring substituents is 1. The van der Waals surface area contributed by atoms with Gasteiger partial charge in [-0.05, 0) is 25.3 Å². The van der Waals surface area contributed by atoms with Crippen molar-refractivity contribution in [3.63, 3.8) is 0 Å². The lowest BCUT2D eigenvalue weighted by atomic mass is 9.77. The van der Waals surface area contributed by atoms with Gasteiger partial charge < -0.3 is 14.6 Å². The molecule has 1 aliphatic carbocycles. The molecule has 0 spiro atoms. The Morgan fingerprint density at radius 2 is 2.15 bits per heavy atom. The van der Waals surface area contributed by atoms with E-state index in [0.29, 0.717) is 18.6 Å². The molecule has 0 heterocycles. The first-order valence-corrected chi connectivity index (χ1v) is 6.19. The molecule has 1 aromatic carbocycles. The monoisotopic (exact) mass is 281 g/mol. The molecule has 0 saturated heterocycles. The number of aliphatic carboxylic acids is 1. The van der Waals surface area contributed by atoms with E-state index in [1.807, 2.05) is 0 Å². The molecule has 0 atom stereocenters. The fourth-order valence-corrected chi connectivity index (χ4v) is 2.25. The first-order chi connectivity index (χ1) is 9.46. The molecule has 108 valence electrons. The molecule has 0 unspecified atom stereocenters. The standard InChI is InChI=1S/C13H15NO6/c1-19-10-4-3-9(14(17)18)7-11(10)20-13(5-2-6-13)8-12(15)16/h3-4,7H,2,5-6,8H2,1H3,(H,15,16). The molecule has 1 aliphatic rings. The molecule has 0 aromatic heterocycles. The molecule has 1 N–H and O–H groups in total. The quantitative estimate of drug-likeness (QED) is 0.634. The van der Waals surface area contributed by atoms with Crippen molar-refractivity contribution in [2.24, 2.45) is 0 Å². The number of carbonyl (C=O) groups is 1. The van der Waals surface area contributed by atoms with Crippen LogP contribution in [0.15, 0.2) is 18.2 Å². The average molecular weight is 281 g/mol. The topological polar surface area (TPSA) is 98.9 Å². The van der Waals surface area contributed by atoms with Crippen molar-refractivity contribution in [2.75, 3.05) is 7.11 Å². The molecule has 20 heavy (non-hydrogen) atoms. The van der Waals surface area contributed by atoms with Gasteiger partial charge in [0.15, 0.2) is 11.5 Å². The summed E-state index contributed by atoms with van der Waals surface area (Å²) in [5.41, 5.74) is -0.903. The smallest absolute Gasteiger partial charge is 0.307 e. The predicted octanol–water partition coefficient (Wildman–Crippen LogP) is 2.38. The van der Waals surface area contributed by atoms with Gasteiger partial charge in [-0.15, -0.1) is 0 Å². The molecule has 7 nitrogen and oxygen atoms in total. The Morgan fingerprint density at radius 1 is 1.45 bits per heavy atom. The van der Waals surface area contributed by atoms with Crippen LogP contribution in [0.25, 0.3) is 0 Å². The van der Waals surface area contributed by atoms with Gasteiger partial charge in [-0.1, -0.05) is 0 Å². The summed E-state index contributed by atoms with van der Waals surface area (Å²) in [5, 5.41) is 19.7. The fourth-order valence-electron chi connectivity index (χ4n) is 2.25. The van der Waals surface area contributed by atoms with Crippen LogP contribution in [0.3, 0.4) is 0 Å². The zero-order chi connectivity index (χ0) is 14.8. The van der Waals surface area contributed by atoms with Crippen LogP contribution in [-0.2, 0) is 4.79 Å². The molecular weight excluding hydrogens is 266 g/mol. The van der Waals surface area contributed by atoms with Crippen LogP contribution in [0, 0.1) is 10.1 Å². The lowest BCUT2D eigenvalue weighted by Gasteiger charge is -2.40. The number of nitrogens with zero attached hydrogens (tertiary/aromatic N) is 1. The summed E-state index contributed by atoms with van der Waals surface area (Å²) in [6.07, 6.45) is 1.99. The van der Waals surface area contributed by atoms with E-state index in [-0.39, 0.29) is 17.9 Å². The number of nitro benzene ring substituents is 1. The van der Waals surface area contributed by atoms with E-state index in [1.54, 1.807) is 0 Å². The third-order valence-corrected chi connectivity index (χ3v) is 3.42. The lowest BCUT2D eigenvalue weighted by Crippen LogP contribution is -2.45. The van der Waals surface area contributed by atoms with Crippen LogP contribution in [0.2, 0.25) is 0 Å². The molecule has 2 rings (SSSR count). The van der Waals surface area contributed by atoms with Gasteiger partial charge in [-0.25, -0.2) is 0 Å². The highest BCUT2D eigenvalue weighted by molar-refractivity contribution is 5.68. The Labute approximate surface area is 115 Å². The summed E-state index contributed by atoms with van der Waals surface area (Å²) in [6.45, 7) is 0. The Hall–Kier alpha value is -2.31. The Bertz CT molecular complexity index is 538. The average Bonchev–Trinajstić information content (AvgIpc) is 2.35. The van der Waals surface area contributed by atoms with E-state index in [2.05, 4.69) is 0 Å². The number of hydrogen-bond acceptors (Lipinski definition) is 5. The number of carboxylic acid groups (broad SMARTS) is 1. The number of methoxy groups -OCH3 is 1. The molecule has 1 saturated carbocycles. The van der Waals surface area contributed by atoms with E-state index in [1.165, 1.54) is 25.3 Å². The first kappa shape index (κ1) is 14.1. The summed E-state index contributed by atoms with van der Waals surface area (Å²) in [6, 6.07) is 4.03. The highest BCUT2D eigenvalue weighted by Gasteiger charge is 2.42. The minimum Gasteiger partial charge on any atom is -0.493 e. The predicted molar refractivity (Wildman–Crippen MR) is 69.1 cm³/mol. The summed E-state index contributed by atoms with van der Waals surface area (Å²) < 4.78 is 10.9. The van der Waals surface area contributed by atoms with Gasteiger partial charge >= 0.3 is 5.97 Å². The largest absolute Gasteiger partial charge is 0.493 e. The van der Waals surface area contributed by atoms with Gasteiger partial charge in [0.2, 0.25) is 0 Å². The van der Waals surface area contributed by atoms with Crippen molar-refractivity contribution < 1.29 is 24.3 Å². The van der Waals surface area contributed by atoms with Gasteiger partial charge in [0.05, 0.1) is 24.5 Å². The molecule has 1 aromatic rings. The Morgan fingerprint density at radius 3 is 2.60 bits per heavy atom. The van der Waals surface area contributed by atoms with Crippen molar-refractivity contribution in [1.29, 1.82) is 0 Å². The van der Waals surface area contributed by atoms with Crippen LogP contribution < -0.4 is 9.47 Å². The number of benzene rings is 1. The van der Waals surface area contributed by atoms with Crippen LogP contribution in [0.1, 0.15) is 25.7 Å². The van der Waals surface area contributed by atoms with Crippen molar-refractivity contribution >= 4 is 11.7 Å². The maximum atomic E-state index is 10.9. The van der Waals surface area contributed by atoms with Gasteiger partial charge in [0.1, 0.15) is 5.60 Å². The first-order valence-electron chi connectivity index (χ1n) is 6.19. The van der Waals surface area contributed by atoms with Crippen molar-refractivity contribution in [3.8, 4) is 11.5 Å². The highest BCUT2D eigenvalue weighted by atomic mass is 16.6. The van der Waals surface area contributed by atoms with Gasteiger partial charge in [-0.3, -0.25) is 14.9 Å². The maximum absolute atomic E-state index is 10.9. The third kappa shape index (κ3) is 2.81. The van der Waals surface area contributed by atoms with E-state index in [0.717, 1.165) is 6.42 Å². The molecule has 0 aliphatic heterocycles. The number of nitro groups is 1. The van der Waals surface area contributed by atoms with E-state index in [9.17, 15) is 14.9 Å². The number of ether oxygens (including phenoxy) is 2. The van der Waals surface area contributed by atoms with Crippen molar-refractivity contribution in [3.05, 3.63) is 28.3 Å². The molecular formula is C13H15NO6. The van der Waals surface area contributed by atoms with Crippen molar-refractivity contribution in [1.82, 2.24) is 0 Å². The van der Waals surface area contributed by atoms with E-state index >= 15 is 0 Å². The van der Waals surface area contributed by atoms with Crippen LogP contribution in [-0.4, -0.2) is 28.7 Å². The summed E-state index contributed by atoms with van der Waals surface area (Å²) in [4.78, 5) is 21.2. The highest BCUT2D eigenvalue weighted by Crippen LogP contribution is 2.43.